The van der Waals surface area contributed by atoms with Gasteiger partial charge >= 0.3 is 5.69 Å². The average Bonchev–Trinajstić information content (AvgIpc) is 2.82. The van der Waals surface area contributed by atoms with Crippen LogP contribution in [0.5, 0.6) is 0 Å². The monoisotopic (exact) mass is 482 g/mol. The number of fused-ring (bicyclic) bond motifs is 2. The van der Waals surface area contributed by atoms with E-state index >= 15 is 0 Å². The predicted octanol–water partition coefficient (Wildman–Crippen LogP) is 4.78. The average molecular weight is 483 g/mol. The lowest BCUT2D eigenvalue weighted by Gasteiger charge is -2.23. The van der Waals surface area contributed by atoms with Crippen LogP contribution in [0.25, 0.3) is 22.6 Å². The maximum Gasteiger partial charge on any atom is 0.349 e. The quantitative estimate of drug-likeness (QED) is 0.383. The van der Waals surface area contributed by atoms with Crippen LogP contribution in [0.3, 0.4) is 0 Å². The molecule has 0 radical (unpaired) electrons. The van der Waals surface area contributed by atoms with Crippen molar-refractivity contribution in [1.82, 2.24) is 19.5 Å². The molecule has 180 valence electrons. The molecule has 2 aliphatic heterocycles. The summed E-state index contributed by atoms with van der Waals surface area (Å²) >= 11 is 6.03. The van der Waals surface area contributed by atoms with Gasteiger partial charge in [-0.2, -0.15) is 4.98 Å². The van der Waals surface area contributed by atoms with Gasteiger partial charge in [-0.1, -0.05) is 44.5 Å². The predicted molar refractivity (Wildman–Crippen MR) is 137 cm³/mol. The number of rotatable bonds is 7. The number of hydrogen-bond donors (Lipinski definition) is 1. The van der Waals surface area contributed by atoms with Gasteiger partial charge in [-0.25, -0.2) is 9.78 Å². The standard InChI is InChI=1S/C24H25ClN4O3.C2H6/c1-4-16-12-19-20(10-14(16)3)29(22-21(26-19)23(30)28-24(31)27-22)13-18(32-5-2)11-15-6-8-17(25)9-7-15;1-2/h6-10,12,18H,4-5,11,13H2,1-3H3,(H,28,30,31);1-2H3. The second kappa shape index (κ2) is 11.4. The van der Waals surface area contributed by atoms with Crippen LogP contribution in [0.4, 0.5) is 0 Å². The van der Waals surface area contributed by atoms with Gasteiger partial charge in [-0.05, 0) is 61.2 Å². The summed E-state index contributed by atoms with van der Waals surface area (Å²) in [6.45, 7) is 11.0. The van der Waals surface area contributed by atoms with E-state index in [1.807, 2.05) is 68.7 Å². The third-order valence-corrected chi connectivity index (χ3v) is 5.86. The fraction of sp³-hybridized carbons (Fsp3) is 0.385. The van der Waals surface area contributed by atoms with E-state index in [2.05, 4.69) is 21.9 Å². The summed E-state index contributed by atoms with van der Waals surface area (Å²) in [5, 5.41) is 0.677. The van der Waals surface area contributed by atoms with Gasteiger partial charge in [0.2, 0.25) is 0 Å². The van der Waals surface area contributed by atoms with E-state index in [4.69, 9.17) is 16.3 Å². The Morgan fingerprint density at radius 2 is 1.79 bits per heavy atom. The lowest BCUT2D eigenvalue weighted by molar-refractivity contribution is 0.0517. The molecule has 4 rings (SSSR count). The number of benzene rings is 2. The first kappa shape index (κ1) is 25.6. The van der Waals surface area contributed by atoms with E-state index in [9.17, 15) is 9.59 Å². The van der Waals surface area contributed by atoms with Gasteiger partial charge in [-0.3, -0.25) is 9.78 Å². The Labute approximate surface area is 204 Å². The van der Waals surface area contributed by atoms with Crippen LogP contribution in [0.1, 0.15) is 44.4 Å². The smallest absolute Gasteiger partial charge is 0.349 e. The van der Waals surface area contributed by atoms with E-state index in [1.54, 1.807) is 0 Å². The molecular weight excluding hydrogens is 452 g/mol. The molecule has 2 aromatic carbocycles. The fourth-order valence-corrected chi connectivity index (χ4v) is 4.18. The highest BCUT2D eigenvalue weighted by atomic mass is 35.5. The summed E-state index contributed by atoms with van der Waals surface area (Å²) in [4.78, 5) is 35.5. The topological polar surface area (TPSA) is 89.9 Å². The number of hydrogen-bond acceptors (Lipinski definition) is 5. The second-order valence-electron chi connectivity index (χ2n) is 7.79. The Morgan fingerprint density at radius 3 is 2.44 bits per heavy atom. The molecule has 0 aliphatic carbocycles. The number of H-pyrrole nitrogens is 1. The van der Waals surface area contributed by atoms with Crippen LogP contribution in [0.15, 0.2) is 46.0 Å². The molecule has 2 aliphatic rings. The zero-order valence-corrected chi connectivity index (χ0v) is 21.1. The highest BCUT2D eigenvalue weighted by molar-refractivity contribution is 6.30. The molecule has 0 saturated heterocycles. The zero-order chi connectivity index (χ0) is 24.8. The van der Waals surface area contributed by atoms with E-state index in [1.165, 1.54) is 0 Å². The van der Waals surface area contributed by atoms with Crippen molar-refractivity contribution in [2.75, 3.05) is 6.61 Å². The summed E-state index contributed by atoms with van der Waals surface area (Å²) in [5.41, 5.74) is 3.76. The normalized spacial score (nSPS) is 11.9. The van der Waals surface area contributed by atoms with Gasteiger partial charge in [0.15, 0.2) is 11.5 Å². The molecule has 34 heavy (non-hydrogen) atoms. The van der Waals surface area contributed by atoms with Gasteiger partial charge in [0.05, 0.1) is 23.7 Å². The van der Waals surface area contributed by atoms with Crippen molar-refractivity contribution < 1.29 is 4.74 Å². The number of nitrogens with zero attached hydrogens (tertiary/aromatic N) is 3. The Morgan fingerprint density at radius 1 is 1.09 bits per heavy atom. The minimum atomic E-state index is -0.690. The molecule has 0 aromatic heterocycles. The maximum absolute atomic E-state index is 12.5. The molecule has 0 bridgehead atoms. The van der Waals surface area contributed by atoms with E-state index < -0.39 is 11.2 Å². The Balaban J connectivity index is 0.00000158. The number of ether oxygens (including phenoxy) is 1. The molecule has 7 nitrogen and oxygen atoms in total. The van der Waals surface area contributed by atoms with Crippen LogP contribution in [-0.4, -0.2) is 32.2 Å². The molecule has 0 amide bonds. The van der Waals surface area contributed by atoms with E-state index in [-0.39, 0.29) is 17.6 Å². The number of aromatic nitrogens is 4. The molecule has 0 saturated carbocycles. The molecule has 1 unspecified atom stereocenters. The van der Waals surface area contributed by atoms with Crippen LogP contribution in [0.2, 0.25) is 5.02 Å². The number of halogens is 1. The fourth-order valence-electron chi connectivity index (χ4n) is 4.05. The molecule has 0 spiro atoms. The molecule has 1 atom stereocenters. The van der Waals surface area contributed by atoms with Crippen molar-refractivity contribution >= 4 is 22.6 Å². The van der Waals surface area contributed by atoms with Crippen LogP contribution >= 0.6 is 11.6 Å². The molecule has 1 N–H and O–H groups in total. The molecule has 2 aromatic rings. The summed E-state index contributed by atoms with van der Waals surface area (Å²) in [6, 6.07) is 11.7. The molecule has 0 fully saturated rings. The molecule has 8 heteroatoms. The molecule has 2 heterocycles. The number of aryl methyl sites for hydroxylation is 2. The first-order chi connectivity index (χ1) is 16.4. The Hall–Kier alpha value is -3.03. The van der Waals surface area contributed by atoms with Crippen molar-refractivity contribution in [3.8, 4) is 11.5 Å². The number of aromatic amines is 1. The summed E-state index contributed by atoms with van der Waals surface area (Å²) in [6.07, 6.45) is 1.29. The van der Waals surface area contributed by atoms with Crippen LogP contribution in [0, 0.1) is 6.92 Å². The first-order valence-corrected chi connectivity index (χ1v) is 12.1. The molecular formula is C26H31ClN4O3. The first-order valence-electron chi connectivity index (χ1n) is 11.7. The highest BCUT2D eigenvalue weighted by Crippen LogP contribution is 2.25. The minimum Gasteiger partial charge on any atom is -0.376 e. The van der Waals surface area contributed by atoms with E-state index in [0.29, 0.717) is 30.1 Å². The van der Waals surface area contributed by atoms with Gasteiger partial charge in [0.1, 0.15) is 0 Å². The lowest BCUT2D eigenvalue weighted by atomic mass is 10.0. The van der Waals surface area contributed by atoms with Crippen molar-refractivity contribution in [2.24, 2.45) is 0 Å². The third-order valence-electron chi connectivity index (χ3n) is 5.61. The Bertz CT molecular complexity index is 1350. The van der Waals surface area contributed by atoms with Gasteiger partial charge in [-0.15, -0.1) is 0 Å². The van der Waals surface area contributed by atoms with Crippen LogP contribution < -0.4 is 11.2 Å². The SMILES string of the molecule is CC.CCOC(Cc1ccc(Cl)cc1)Cn1c2nc(=O)[nH]c(=O)c-2nc2cc(CC)c(C)cc21. The summed E-state index contributed by atoms with van der Waals surface area (Å²) in [7, 11) is 0. The van der Waals surface area contributed by atoms with E-state index in [0.717, 1.165) is 28.6 Å². The lowest BCUT2D eigenvalue weighted by Crippen LogP contribution is -2.31. The highest BCUT2D eigenvalue weighted by Gasteiger charge is 2.22. The largest absolute Gasteiger partial charge is 0.376 e. The zero-order valence-electron chi connectivity index (χ0n) is 20.3. The van der Waals surface area contributed by atoms with Crippen molar-refractivity contribution in [3.05, 3.63) is 78.9 Å². The van der Waals surface area contributed by atoms with Gasteiger partial charge < -0.3 is 9.30 Å². The van der Waals surface area contributed by atoms with Crippen LogP contribution in [-0.2, 0) is 24.1 Å². The Kier molecular flexibility index (Phi) is 8.58. The van der Waals surface area contributed by atoms with Crippen molar-refractivity contribution in [2.45, 2.75) is 60.1 Å². The summed E-state index contributed by atoms with van der Waals surface area (Å²) < 4.78 is 7.93. The second-order valence-corrected chi connectivity index (χ2v) is 8.23. The van der Waals surface area contributed by atoms with Gasteiger partial charge in [0, 0.05) is 18.1 Å². The van der Waals surface area contributed by atoms with Gasteiger partial charge in [0.25, 0.3) is 5.56 Å². The third kappa shape index (κ3) is 5.54. The summed E-state index contributed by atoms with van der Waals surface area (Å²) in [5.74, 6) is 0.260. The number of nitrogens with one attached hydrogen (secondary N) is 1. The van der Waals surface area contributed by atoms with Crippen molar-refractivity contribution in [3.63, 3.8) is 0 Å². The maximum atomic E-state index is 12.5. The van der Waals surface area contributed by atoms with Crippen molar-refractivity contribution in [1.29, 1.82) is 0 Å². The minimum absolute atomic E-state index is 0.143.